The number of amides is 2. The molecule has 2 aliphatic rings. The van der Waals surface area contributed by atoms with E-state index >= 15 is 0 Å². The molecule has 2 heterocycles. The van der Waals surface area contributed by atoms with Crippen LogP contribution in [0, 0.1) is 5.41 Å². The number of ether oxygens (including phenoxy) is 3. The van der Waals surface area contributed by atoms with Crippen LogP contribution in [0.15, 0.2) is 23.9 Å². The fourth-order valence-corrected chi connectivity index (χ4v) is 3.14. The first-order valence-electron chi connectivity index (χ1n) is 10.2. The third kappa shape index (κ3) is 7.58. The summed E-state index contributed by atoms with van der Waals surface area (Å²) in [6, 6.07) is -0.385. The Hall–Kier alpha value is -2.75. The SMILES string of the molecule is CCOC1C(NC(=O)OCC2=CCNC=C2)CCCN1C(=N)NC(=O)OC(C)(C)C. The highest BCUT2D eigenvalue weighted by atomic mass is 16.6. The third-order valence-electron chi connectivity index (χ3n) is 4.38. The van der Waals surface area contributed by atoms with E-state index in [2.05, 4.69) is 16.0 Å². The molecule has 0 aromatic carbocycles. The second kappa shape index (κ2) is 10.9. The van der Waals surface area contributed by atoms with Crippen molar-refractivity contribution in [2.24, 2.45) is 0 Å². The molecule has 1 fully saturated rings. The molecule has 2 unspecified atom stereocenters. The number of carbonyl (C=O) groups excluding carboxylic acids is 2. The summed E-state index contributed by atoms with van der Waals surface area (Å²) in [5.41, 5.74) is 0.247. The van der Waals surface area contributed by atoms with E-state index in [0.717, 1.165) is 5.57 Å². The van der Waals surface area contributed by atoms with Gasteiger partial charge >= 0.3 is 12.2 Å². The summed E-state index contributed by atoms with van der Waals surface area (Å²) < 4.78 is 16.3. The Labute approximate surface area is 177 Å². The average molecular weight is 424 g/mol. The highest BCUT2D eigenvalue weighted by Crippen LogP contribution is 2.19. The van der Waals surface area contributed by atoms with Crippen LogP contribution < -0.4 is 16.0 Å². The van der Waals surface area contributed by atoms with Crippen molar-refractivity contribution in [3.05, 3.63) is 23.9 Å². The lowest BCUT2D eigenvalue weighted by Crippen LogP contribution is -2.61. The molecule has 0 radical (unpaired) electrons. The standard InChI is InChI=1S/C20H33N5O5/c1-5-28-16-15(23-18(26)29-13-14-8-10-22-11-9-14)7-6-12-25(16)17(21)24-19(27)30-20(2,3)4/h8-10,15-16,22H,5-7,11-13H2,1-4H3,(H,23,26)(H2,21,24,27). The number of nitrogens with zero attached hydrogens (tertiary/aromatic N) is 1. The molecule has 2 atom stereocenters. The normalized spacial score (nSPS) is 21.2. The fourth-order valence-electron chi connectivity index (χ4n) is 3.14. The molecular weight excluding hydrogens is 390 g/mol. The molecule has 0 spiro atoms. The number of carbonyl (C=O) groups is 2. The van der Waals surface area contributed by atoms with Gasteiger partial charge in [0.25, 0.3) is 0 Å². The maximum absolute atomic E-state index is 12.3. The van der Waals surface area contributed by atoms with Gasteiger partial charge in [-0.05, 0) is 58.4 Å². The zero-order valence-corrected chi connectivity index (χ0v) is 18.1. The molecule has 10 nitrogen and oxygen atoms in total. The summed E-state index contributed by atoms with van der Waals surface area (Å²) >= 11 is 0. The summed E-state index contributed by atoms with van der Waals surface area (Å²) in [6.45, 7) is 8.87. The second-order valence-corrected chi connectivity index (χ2v) is 8.00. The van der Waals surface area contributed by atoms with Crippen molar-refractivity contribution >= 4 is 18.1 Å². The van der Waals surface area contributed by atoms with E-state index in [1.165, 1.54) is 0 Å². The molecule has 0 bridgehead atoms. The Morgan fingerprint density at radius 1 is 1.33 bits per heavy atom. The van der Waals surface area contributed by atoms with E-state index in [-0.39, 0.29) is 18.6 Å². The van der Waals surface area contributed by atoms with Crippen LogP contribution in [-0.4, -0.2) is 67.2 Å². The van der Waals surface area contributed by atoms with Gasteiger partial charge < -0.3 is 29.7 Å². The van der Waals surface area contributed by atoms with E-state index in [4.69, 9.17) is 19.6 Å². The largest absolute Gasteiger partial charge is 0.445 e. The van der Waals surface area contributed by atoms with Crippen LogP contribution in [0.2, 0.25) is 0 Å². The number of piperidine rings is 1. The molecule has 0 saturated carbocycles. The summed E-state index contributed by atoms with van der Waals surface area (Å²) in [4.78, 5) is 25.9. The molecule has 0 aromatic rings. The van der Waals surface area contributed by atoms with Crippen LogP contribution in [0.4, 0.5) is 9.59 Å². The summed E-state index contributed by atoms with van der Waals surface area (Å²) in [5, 5.41) is 16.6. The van der Waals surface area contributed by atoms with Crippen LogP contribution in [0.1, 0.15) is 40.5 Å². The summed E-state index contributed by atoms with van der Waals surface area (Å²) in [7, 11) is 0. The molecule has 0 aromatic heterocycles. The van der Waals surface area contributed by atoms with Crippen LogP contribution in [0.3, 0.4) is 0 Å². The predicted octanol–water partition coefficient (Wildman–Crippen LogP) is 2.04. The quantitative estimate of drug-likeness (QED) is 0.394. The van der Waals surface area contributed by atoms with E-state index in [1.54, 1.807) is 25.7 Å². The minimum absolute atomic E-state index is 0.132. The summed E-state index contributed by atoms with van der Waals surface area (Å²) in [6.07, 6.45) is 5.14. The zero-order valence-electron chi connectivity index (χ0n) is 18.1. The van der Waals surface area contributed by atoms with E-state index < -0.39 is 24.0 Å². The first-order valence-corrected chi connectivity index (χ1v) is 10.2. The van der Waals surface area contributed by atoms with Crippen molar-refractivity contribution < 1.29 is 23.8 Å². The lowest BCUT2D eigenvalue weighted by molar-refractivity contribution is -0.0628. The Bertz CT molecular complexity index is 686. The predicted molar refractivity (Wildman–Crippen MR) is 112 cm³/mol. The molecule has 168 valence electrons. The first kappa shape index (κ1) is 23.5. The Kier molecular flexibility index (Phi) is 8.52. The molecule has 0 aliphatic carbocycles. The molecule has 4 N–H and O–H groups in total. The maximum Gasteiger partial charge on any atom is 0.414 e. The molecule has 1 saturated heterocycles. The highest BCUT2D eigenvalue weighted by molar-refractivity contribution is 5.92. The lowest BCUT2D eigenvalue weighted by atomic mass is 10.0. The summed E-state index contributed by atoms with van der Waals surface area (Å²) in [5.74, 6) is -0.132. The van der Waals surface area contributed by atoms with Crippen molar-refractivity contribution in [2.45, 2.75) is 58.4 Å². The van der Waals surface area contributed by atoms with Gasteiger partial charge in [-0.1, -0.05) is 6.08 Å². The van der Waals surface area contributed by atoms with Gasteiger partial charge in [0, 0.05) is 19.7 Å². The molecule has 2 rings (SSSR count). The van der Waals surface area contributed by atoms with Gasteiger partial charge in [-0.15, -0.1) is 0 Å². The first-order chi connectivity index (χ1) is 14.2. The Balaban J connectivity index is 1.94. The second-order valence-electron chi connectivity index (χ2n) is 8.00. The molecule has 2 amide bonds. The van der Waals surface area contributed by atoms with Gasteiger partial charge in [0.2, 0.25) is 5.96 Å². The minimum Gasteiger partial charge on any atom is -0.445 e. The molecule has 10 heteroatoms. The number of guanidine groups is 1. The highest BCUT2D eigenvalue weighted by Gasteiger charge is 2.35. The number of hydrogen-bond donors (Lipinski definition) is 4. The third-order valence-corrected chi connectivity index (χ3v) is 4.38. The van der Waals surface area contributed by atoms with Crippen LogP contribution >= 0.6 is 0 Å². The van der Waals surface area contributed by atoms with E-state index in [9.17, 15) is 9.59 Å². The van der Waals surface area contributed by atoms with Crippen LogP contribution in [0.5, 0.6) is 0 Å². The number of nitrogens with one attached hydrogen (secondary N) is 4. The van der Waals surface area contributed by atoms with Gasteiger partial charge in [0.15, 0.2) is 6.23 Å². The van der Waals surface area contributed by atoms with Crippen molar-refractivity contribution in [1.29, 1.82) is 5.41 Å². The minimum atomic E-state index is -0.708. The molecule has 30 heavy (non-hydrogen) atoms. The van der Waals surface area contributed by atoms with Gasteiger partial charge in [-0.2, -0.15) is 0 Å². The molecular formula is C20H33N5O5. The lowest BCUT2D eigenvalue weighted by Gasteiger charge is -2.41. The van der Waals surface area contributed by atoms with Crippen molar-refractivity contribution in [1.82, 2.24) is 20.9 Å². The Morgan fingerprint density at radius 3 is 2.73 bits per heavy atom. The number of hydrogen-bond acceptors (Lipinski definition) is 7. The number of alkyl carbamates (subject to hydrolysis) is 2. The van der Waals surface area contributed by atoms with E-state index in [1.807, 2.05) is 25.3 Å². The smallest absolute Gasteiger partial charge is 0.414 e. The van der Waals surface area contributed by atoms with Crippen molar-refractivity contribution in [3.8, 4) is 0 Å². The Morgan fingerprint density at radius 2 is 2.10 bits per heavy atom. The van der Waals surface area contributed by atoms with E-state index in [0.29, 0.717) is 32.5 Å². The topological polar surface area (TPSA) is 125 Å². The van der Waals surface area contributed by atoms with Gasteiger partial charge in [-0.3, -0.25) is 10.7 Å². The monoisotopic (exact) mass is 423 g/mol. The maximum atomic E-state index is 12.3. The number of rotatable bonds is 5. The van der Waals surface area contributed by atoms with Gasteiger partial charge in [0.05, 0.1) is 6.04 Å². The number of dihydropyridines is 1. The van der Waals surface area contributed by atoms with Gasteiger partial charge in [0.1, 0.15) is 12.2 Å². The van der Waals surface area contributed by atoms with Crippen molar-refractivity contribution in [3.63, 3.8) is 0 Å². The van der Waals surface area contributed by atoms with Gasteiger partial charge in [-0.25, -0.2) is 9.59 Å². The van der Waals surface area contributed by atoms with Crippen LogP contribution in [0.25, 0.3) is 0 Å². The fraction of sp³-hybridized carbons (Fsp3) is 0.650. The average Bonchev–Trinajstić information content (AvgIpc) is 2.67. The van der Waals surface area contributed by atoms with Crippen LogP contribution in [-0.2, 0) is 14.2 Å². The molecule has 2 aliphatic heterocycles. The van der Waals surface area contributed by atoms with Crippen molar-refractivity contribution in [2.75, 3.05) is 26.3 Å². The number of likely N-dealkylation sites (tertiary alicyclic amines) is 1. The zero-order chi connectivity index (χ0) is 22.1.